The van der Waals surface area contributed by atoms with Crippen LogP contribution >= 0.6 is 23.1 Å². The topological polar surface area (TPSA) is 72.7 Å². The van der Waals surface area contributed by atoms with Crippen molar-refractivity contribution in [2.75, 3.05) is 5.32 Å². The first-order valence-electron chi connectivity index (χ1n) is 7.53. The van der Waals surface area contributed by atoms with Crippen molar-refractivity contribution in [3.8, 4) is 5.69 Å². The molecule has 2 heterocycles. The number of hydrogen-bond donors (Lipinski definition) is 1. The summed E-state index contributed by atoms with van der Waals surface area (Å²) in [6.07, 6.45) is 2.35. The molecule has 0 saturated heterocycles. The van der Waals surface area contributed by atoms with E-state index in [0.29, 0.717) is 16.7 Å². The van der Waals surface area contributed by atoms with Gasteiger partial charge in [0.1, 0.15) is 5.82 Å². The van der Waals surface area contributed by atoms with Crippen LogP contribution < -0.4 is 5.32 Å². The van der Waals surface area contributed by atoms with Gasteiger partial charge in [-0.2, -0.15) is 0 Å². The van der Waals surface area contributed by atoms with Gasteiger partial charge >= 0.3 is 0 Å². The monoisotopic (exact) mass is 359 g/mol. The first kappa shape index (κ1) is 16.7. The van der Waals surface area contributed by atoms with E-state index >= 15 is 0 Å². The van der Waals surface area contributed by atoms with Crippen LogP contribution in [0.15, 0.2) is 47.1 Å². The van der Waals surface area contributed by atoms with Gasteiger partial charge in [-0.1, -0.05) is 36.9 Å². The quantitative estimate of drug-likeness (QED) is 0.682. The highest BCUT2D eigenvalue weighted by molar-refractivity contribution is 8.00. The normalized spacial score (nSPS) is 12.1. The van der Waals surface area contributed by atoms with Gasteiger partial charge in [-0.05, 0) is 25.5 Å². The van der Waals surface area contributed by atoms with Gasteiger partial charge in [0.05, 0.1) is 5.25 Å². The van der Waals surface area contributed by atoms with Crippen molar-refractivity contribution in [2.24, 2.45) is 0 Å². The van der Waals surface area contributed by atoms with E-state index in [1.807, 2.05) is 54.1 Å². The number of nitrogens with zero attached hydrogens (tertiary/aromatic N) is 4. The van der Waals surface area contributed by atoms with Gasteiger partial charge in [-0.3, -0.25) is 9.36 Å². The van der Waals surface area contributed by atoms with Crippen molar-refractivity contribution in [2.45, 2.75) is 30.7 Å². The van der Waals surface area contributed by atoms with Crippen LogP contribution in [0.25, 0.3) is 5.69 Å². The molecule has 24 heavy (non-hydrogen) atoms. The number of hydrogen-bond acceptors (Lipinski definition) is 6. The van der Waals surface area contributed by atoms with Crippen LogP contribution in [-0.4, -0.2) is 30.9 Å². The van der Waals surface area contributed by atoms with E-state index < -0.39 is 0 Å². The highest BCUT2D eigenvalue weighted by atomic mass is 32.2. The summed E-state index contributed by atoms with van der Waals surface area (Å²) in [4.78, 5) is 16.6. The number of anilines is 1. The van der Waals surface area contributed by atoms with Crippen LogP contribution in [-0.2, 0) is 4.79 Å². The smallest absolute Gasteiger partial charge is 0.239 e. The zero-order chi connectivity index (χ0) is 16.9. The molecule has 3 aromatic rings. The maximum Gasteiger partial charge on any atom is 0.239 e. The lowest BCUT2D eigenvalue weighted by Gasteiger charge is -2.14. The molecule has 0 aliphatic rings. The predicted octanol–water partition coefficient (Wildman–Crippen LogP) is 3.54. The SMILES string of the molecule is CC[C@@H](Sc1nnc(C)n1-c1ccccc1)C(=O)Nc1nccs1. The lowest BCUT2D eigenvalue weighted by atomic mass is 10.3. The van der Waals surface area contributed by atoms with Gasteiger partial charge in [0.2, 0.25) is 5.91 Å². The molecule has 1 atom stereocenters. The van der Waals surface area contributed by atoms with Crippen LogP contribution in [0.4, 0.5) is 5.13 Å². The summed E-state index contributed by atoms with van der Waals surface area (Å²) in [5, 5.41) is 14.1. The molecule has 0 bridgehead atoms. The minimum absolute atomic E-state index is 0.0716. The standard InChI is InChI=1S/C16H17N5OS2/c1-3-13(14(22)18-15-17-9-10-23-15)24-16-20-19-11(2)21(16)12-7-5-4-6-8-12/h4-10,13H,3H2,1-2H3,(H,17,18,22)/t13-/m1/s1. The second-order valence-corrected chi connectivity index (χ2v) is 7.11. The summed E-state index contributed by atoms with van der Waals surface area (Å²) < 4.78 is 1.96. The number of rotatable bonds is 6. The zero-order valence-electron chi connectivity index (χ0n) is 13.3. The number of thioether (sulfide) groups is 1. The number of aromatic nitrogens is 4. The molecule has 124 valence electrons. The summed E-state index contributed by atoms with van der Waals surface area (Å²) >= 11 is 2.82. The molecule has 1 aromatic carbocycles. The summed E-state index contributed by atoms with van der Waals surface area (Å²) in [5.74, 6) is 0.719. The van der Waals surface area contributed by atoms with Crippen LogP contribution in [0, 0.1) is 6.92 Å². The number of nitrogens with one attached hydrogen (secondary N) is 1. The third-order valence-corrected chi connectivity index (χ3v) is 5.38. The van der Waals surface area contributed by atoms with Crippen molar-refractivity contribution >= 4 is 34.1 Å². The number of amides is 1. The van der Waals surface area contributed by atoms with E-state index in [1.54, 1.807) is 6.20 Å². The van der Waals surface area contributed by atoms with E-state index in [-0.39, 0.29) is 11.2 Å². The minimum atomic E-state index is -0.264. The number of carbonyl (C=O) groups is 1. The van der Waals surface area contributed by atoms with Crippen molar-refractivity contribution in [1.82, 2.24) is 19.7 Å². The maximum absolute atomic E-state index is 12.5. The van der Waals surface area contributed by atoms with Crippen LogP contribution in [0.2, 0.25) is 0 Å². The fourth-order valence-electron chi connectivity index (χ4n) is 2.21. The molecule has 0 aliphatic carbocycles. The number of carbonyl (C=O) groups excluding carboxylic acids is 1. The lowest BCUT2D eigenvalue weighted by molar-refractivity contribution is -0.115. The molecule has 8 heteroatoms. The molecule has 2 aromatic heterocycles. The highest BCUT2D eigenvalue weighted by Gasteiger charge is 2.23. The van der Waals surface area contributed by atoms with Crippen molar-refractivity contribution in [1.29, 1.82) is 0 Å². The van der Waals surface area contributed by atoms with E-state index in [1.165, 1.54) is 23.1 Å². The third-order valence-electron chi connectivity index (χ3n) is 3.38. The van der Waals surface area contributed by atoms with Crippen molar-refractivity contribution in [3.63, 3.8) is 0 Å². The second-order valence-electron chi connectivity index (χ2n) is 5.04. The molecular weight excluding hydrogens is 342 g/mol. The van der Waals surface area contributed by atoms with Gasteiger partial charge in [0.15, 0.2) is 10.3 Å². The van der Waals surface area contributed by atoms with E-state index in [4.69, 9.17) is 0 Å². The van der Waals surface area contributed by atoms with Gasteiger partial charge in [0.25, 0.3) is 0 Å². The van der Waals surface area contributed by atoms with Gasteiger partial charge in [-0.25, -0.2) is 4.98 Å². The maximum atomic E-state index is 12.5. The highest BCUT2D eigenvalue weighted by Crippen LogP contribution is 2.28. The Morgan fingerprint density at radius 1 is 1.33 bits per heavy atom. The number of benzene rings is 1. The Morgan fingerprint density at radius 3 is 2.79 bits per heavy atom. The minimum Gasteiger partial charge on any atom is -0.301 e. The Bertz CT molecular complexity index is 801. The van der Waals surface area contributed by atoms with Crippen molar-refractivity contribution < 1.29 is 4.79 Å². The fraction of sp³-hybridized carbons (Fsp3) is 0.250. The summed E-state index contributed by atoms with van der Waals surface area (Å²) in [6.45, 7) is 3.88. The zero-order valence-corrected chi connectivity index (χ0v) is 15.0. The second kappa shape index (κ2) is 7.59. The molecule has 0 spiro atoms. The van der Waals surface area contributed by atoms with Crippen LogP contribution in [0.1, 0.15) is 19.2 Å². The average molecular weight is 359 g/mol. The van der Waals surface area contributed by atoms with E-state index in [2.05, 4.69) is 20.5 Å². The Morgan fingerprint density at radius 2 is 2.12 bits per heavy atom. The number of aryl methyl sites for hydroxylation is 1. The molecule has 0 unspecified atom stereocenters. The van der Waals surface area contributed by atoms with E-state index in [0.717, 1.165) is 11.5 Å². The Labute approximate surface area is 148 Å². The van der Waals surface area contributed by atoms with Crippen molar-refractivity contribution in [3.05, 3.63) is 47.7 Å². The third kappa shape index (κ3) is 3.65. The first-order chi connectivity index (χ1) is 11.7. The largest absolute Gasteiger partial charge is 0.301 e. The summed E-state index contributed by atoms with van der Waals surface area (Å²) in [6, 6.07) is 9.89. The molecular formula is C16H17N5OS2. The lowest BCUT2D eigenvalue weighted by Crippen LogP contribution is -2.25. The van der Waals surface area contributed by atoms with Gasteiger partial charge in [0, 0.05) is 17.3 Å². The van der Waals surface area contributed by atoms with Crippen LogP contribution in [0.3, 0.4) is 0 Å². The first-order valence-corrected chi connectivity index (χ1v) is 9.29. The summed E-state index contributed by atoms with van der Waals surface area (Å²) in [5.41, 5.74) is 0.984. The van der Waals surface area contributed by atoms with Gasteiger partial charge in [-0.15, -0.1) is 21.5 Å². The predicted molar refractivity (Wildman–Crippen MR) is 96.8 cm³/mol. The van der Waals surface area contributed by atoms with Crippen LogP contribution in [0.5, 0.6) is 0 Å². The number of thiazole rings is 1. The molecule has 0 aliphatic heterocycles. The molecule has 1 N–H and O–H groups in total. The molecule has 0 radical (unpaired) electrons. The molecule has 0 saturated carbocycles. The molecule has 3 rings (SSSR count). The Kier molecular flexibility index (Phi) is 5.27. The van der Waals surface area contributed by atoms with Gasteiger partial charge < -0.3 is 5.32 Å². The van der Waals surface area contributed by atoms with E-state index in [9.17, 15) is 4.79 Å². The Balaban J connectivity index is 1.81. The number of para-hydroxylation sites is 1. The Hall–Kier alpha value is -2.19. The molecule has 1 amide bonds. The average Bonchev–Trinajstić information content (AvgIpc) is 3.23. The fourth-order valence-corrected chi connectivity index (χ4v) is 3.76. The molecule has 0 fully saturated rings. The summed E-state index contributed by atoms with van der Waals surface area (Å²) in [7, 11) is 0. The molecule has 6 nitrogen and oxygen atoms in total.